The van der Waals surface area contributed by atoms with E-state index in [0.717, 1.165) is 12.3 Å². The number of nitro benzene ring substituents is 1. The second-order valence-electron chi connectivity index (χ2n) is 7.72. The number of hydrogen-bond acceptors (Lipinski definition) is 6. The van der Waals surface area contributed by atoms with E-state index in [1.807, 2.05) is 0 Å². The Labute approximate surface area is 169 Å². The number of carboxylic acid groups (broad SMARTS) is 2. The van der Waals surface area contributed by atoms with Crippen molar-refractivity contribution in [3.05, 3.63) is 44.0 Å². The normalized spacial score (nSPS) is 14.7. The molecule has 1 saturated carbocycles. The third-order valence-electron chi connectivity index (χ3n) is 4.92. The van der Waals surface area contributed by atoms with Crippen molar-refractivity contribution in [3.8, 4) is 0 Å². The van der Waals surface area contributed by atoms with Crippen LogP contribution in [0.25, 0.3) is 10.9 Å². The Morgan fingerprint density at radius 3 is 2.47 bits per heavy atom. The maximum Gasteiger partial charge on any atom is 0.341 e. The molecule has 2 aromatic rings. The minimum atomic E-state index is -1.52. The van der Waals surface area contributed by atoms with Crippen LogP contribution in [0.3, 0.4) is 0 Å². The van der Waals surface area contributed by atoms with Crippen LogP contribution in [-0.2, 0) is 4.79 Å². The summed E-state index contributed by atoms with van der Waals surface area (Å²) in [5, 5.41) is 32.6. The summed E-state index contributed by atoms with van der Waals surface area (Å²) in [6.07, 6.45) is 2.33. The van der Waals surface area contributed by atoms with E-state index in [9.17, 15) is 39.1 Å². The maximum atomic E-state index is 14.9. The number of fused-ring (bicyclic) bond motifs is 1. The van der Waals surface area contributed by atoms with E-state index >= 15 is 0 Å². The Morgan fingerprint density at radius 1 is 1.37 bits per heavy atom. The van der Waals surface area contributed by atoms with Gasteiger partial charge < -0.3 is 20.1 Å². The van der Waals surface area contributed by atoms with Crippen molar-refractivity contribution in [2.24, 2.45) is 5.92 Å². The van der Waals surface area contributed by atoms with E-state index in [4.69, 9.17) is 0 Å². The second kappa shape index (κ2) is 7.73. The number of anilines is 1. The van der Waals surface area contributed by atoms with Crippen molar-refractivity contribution in [2.75, 3.05) is 5.32 Å². The summed E-state index contributed by atoms with van der Waals surface area (Å²) in [5.41, 5.74) is -3.32. The number of nitro groups is 1. The number of aromatic nitrogens is 1. The van der Waals surface area contributed by atoms with Crippen molar-refractivity contribution in [3.63, 3.8) is 0 Å². The summed E-state index contributed by atoms with van der Waals surface area (Å²) in [6.45, 7) is 3.50. The van der Waals surface area contributed by atoms with Gasteiger partial charge in [0.1, 0.15) is 17.1 Å². The quantitative estimate of drug-likeness (QED) is 0.434. The first-order chi connectivity index (χ1) is 14.0. The number of hydrogen-bond donors (Lipinski definition) is 3. The molecule has 11 heteroatoms. The molecular formula is C19H20FN3O7. The van der Waals surface area contributed by atoms with Crippen LogP contribution in [0.4, 0.5) is 15.8 Å². The zero-order valence-corrected chi connectivity index (χ0v) is 16.2. The SMILES string of the molecule is CC(C)C[C@H](Nc1c(F)cc2c(=O)c(C(=O)O)cn(C3CC3)c2c1[N+](=O)[O-])C(=O)O. The predicted molar refractivity (Wildman–Crippen MR) is 105 cm³/mol. The number of nitrogens with one attached hydrogen (secondary N) is 1. The average Bonchev–Trinajstić information content (AvgIpc) is 3.46. The summed E-state index contributed by atoms with van der Waals surface area (Å²) >= 11 is 0. The standard InChI is InChI=1S/C19H20FN3O7/c1-8(2)5-13(19(27)28)21-14-12(20)6-10-15(16(14)23(29)30)22(9-3-4-9)7-11(17(10)24)18(25)26/h6-9,13,21H,3-5H2,1-2H3,(H,25,26)(H,27,28)/t13-/m0/s1. The molecule has 0 unspecified atom stereocenters. The van der Waals surface area contributed by atoms with Crippen molar-refractivity contribution >= 4 is 34.2 Å². The lowest BCUT2D eigenvalue weighted by atomic mass is 10.0. The van der Waals surface area contributed by atoms with Gasteiger partial charge in [-0.15, -0.1) is 0 Å². The van der Waals surface area contributed by atoms with Crippen molar-refractivity contribution in [1.82, 2.24) is 4.57 Å². The number of halogens is 1. The lowest BCUT2D eigenvalue weighted by Crippen LogP contribution is -2.31. The Balaban J connectivity index is 2.35. The van der Waals surface area contributed by atoms with Crippen LogP contribution in [0.5, 0.6) is 0 Å². The first-order valence-corrected chi connectivity index (χ1v) is 9.31. The summed E-state index contributed by atoms with van der Waals surface area (Å²) in [7, 11) is 0. The molecule has 0 amide bonds. The molecule has 1 aliphatic carbocycles. The Morgan fingerprint density at radius 2 is 2.00 bits per heavy atom. The zero-order chi connectivity index (χ0) is 22.3. The molecule has 160 valence electrons. The van der Waals surface area contributed by atoms with Gasteiger partial charge in [0.15, 0.2) is 11.5 Å². The third kappa shape index (κ3) is 3.82. The highest BCUT2D eigenvalue weighted by atomic mass is 19.1. The molecule has 1 heterocycles. The summed E-state index contributed by atoms with van der Waals surface area (Å²) in [5.74, 6) is -4.13. The van der Waals surface area contributed by atoms with E-state index in [2.05, 4.69) is 5.32 Å². The zero-order valence-electron chi connectivity index (χ0n) is 16.2. The highest BCUT2D eigenvalue weighted by Crippen LogP contribution is 2.42. The fourth-order valence-electron chi connectivity index (χ4n) is 3.44. The van der Waals surface area contributed by atoms with Crippen molar-refractivity contribution in [1.29, 1.82) is 0 Å². The molecule has 0 radical (unpaired) electrons. The smallest absolute Gasteiger partial charge is 0.341 e. The molecule has 1 atom stereocenters. The molecule has 3 N–H and O–H groups in total. The molecule has 0 bridgehead atoms. The fourth-order valence-corrected chi connectivity index (χ4v) is 3.44. The van der Waals surface area contributed by atoms with Crippen molar-refractivity contribution < 1.29 is 29.1 Å². The number of aliphatic carboxylic acids is 1. The summed E-state index contributed by atoms with van der Waals surface area (Å²) in [4.78, 5) is 46.6. The van der Waals surface area contributed by atoms with E-state index < -0.39 is 56.5 Å². The first-order valence-electron chi connectivity index (χ1n) is 9.31. The third-order valence-corrected chi connectivity index (χ3v) is 4.92. The molecule has 10 nitrogen and oxygen atoms in total. The minimum Gasteiger partial charge on any atom is -0.480 e. The van der Waals surface area contributed by atoms with Crippen LogP contribution in [0.15, 0.2) is 17.1 Å². The summed E-state index contributed by atoms with van der Waals surface area (Å²) < 4.78 is 16.2. The van der Waals surface area contributed by atoms with E-state index in [1.165, 1.54) is 4.57 Å². The lowest BCUT2D eigenvalue weighted by molar-refractivity contribution is -0.382. The van der Waals surface area contributed by atoms with Gasteiger partial charge in [-0.05, 0) is 31.2 Å². The average molecular weight is 421 g/mol. The molecule has 1 aromatic heterocycles. The largest absolute Gasteiger partial charge is 0.480 e. The van der Waals surface area contributed by atoms with Crippen LogP contribution in [0.1, 0.15) is 49.5 Å². The van der Waals surface area contributed by atoms with Crippen molar-refractivity contribution in [2.45, 2.75) is 45.2 Å². The van der Waals surface area contributed by atoms with Gasteiger partial charge in [-0.3, -0.25) is 14.9 Å². The molecule has 0 aliphatic heterocycles. The predicted octanol–water partition coefficient (Wildman–Crippen LogP) is 2.99. The Bertz CT molecular complexity index is 1120. The molecule has 3 rings (SSSR count). The van der Waals surface area contributed by atoms with E-state index in [0.29, 0.717) is 12.8 Å². The number of aromatic carboxylic acids is 1. The fraction of sp³-hybridized carbons (Fsp3) is 0.421. The first kappa shape index (κ1) is 21.2. The van der Waals surface area contributed by atoms with Gasteiger partial charge in [0.25, 0.3) is 0 Å². The molecule has 0 saturated heterocycles. The highest BCUT2D eigenvalue weighted by molar-refractivity contribution is 5.99. The topological polar surface area (TPSA) is 152 Å². The number of pyridine rings is 1. The molecule has 1 fully saturated rings. The van der Waals surface area contributed by atoms with E-state index in [-0.39, 0.29) is 23.9 Å². The van der Waals surface area contributed by atoms with Crippen LogP contribution in [0.2, 0.25) is 0 Å². The van der Waals surface area contributed by atoms with Crippen LogP contribution in [0, 0.1) is 21.8 Å². The number of nitrogens with zero attached hydrogens (tertiary/aromatic N) is 2. The monoisotopic (exact) mass is 421 g/mol. The van der Waals surface area contributed by atoms with Crippen LogP contribution >= 0.6 is 0 Å². The lowest BCUT2D eigenvalue weighted by Gasteiger charge is -2.20. The van der Waals surface area contributed by atoms with Gasteiger partial charge >= 0.3 is 17.6 Å². The van der Waals surface area contributed by atoms with Gasteiger partial charge in [-0.1, -0.05) is 13.8 Å². The van der Waals surface area contributed by atoms with Gasteiger partial charge in [-0.25, -0.2) is 14.0 Å². The highest BCUT2D eigenvalue weighted by Gasteiger charge is 2.35. The van der Waals surface area contributed by atoms with Crippen LogP contribution < -0.4 is 10.7 Å². The van der Waals surface area contributed by atoms with E-state index in [1.54, 1.807) is 13.8 Å². The second-order valence-corrected chi connectivity index (χ2v) is 7.72. The minimum absolute atomic E-state index is 0.0807. The van der Waals surface area contributed by atoms with Crippen LogP contribution in [-0.4, -0.2) is 37.7 Å². The van der Waals surface area contributed by atoms with Gasteiger partial charge in [-0.2, -0.15) is 0 Å². The number of carbonyl (C=O) groups is 2. The molecular weight excluding hydrogens is 401 g/mol. The van der Waals surface area contributed by atoms with Gasteiger partial charge in [0, 0.05) is 12.2 Å². The summed E-state index contributed by atoms with van der Waals surface area (Å²) in [6, 6.07) is -0.837. The molecule has 1 aromatic carbocycles. The molecule has 1 aliphatic rings. The van der Waals surface area contributed by atoms with Gasteiger partial charge in [0.05, 0.1) is 10.3 Å². The Kier molecular flexibility index (Phi) is 5.47. The maximum absolute atomic E-state index is 14.9. The molecule has 30 heavy (non-hydrogen) atoms. The number of rotatable bonds is 8. The molecule has 0 spiro atoms. The number of benzene rings is 1. The Hall–Kier alpha value is -3.50. The van der Waals surface area contributed by atoms with Gasteiger partial charge in [0.2, 0.25) is 5.43 Å². The number of carboxylic acids is 2.